The van der Waals surface area contributed by atoms with Crippen LogP contribution in [0.2, 0.25) is 0 Å². The predicted molar refractivity (Wildman–Crippen MR) is 179 cm³/mol. The van der Waals surface area contributed by atoms with Gasteiger partial charge in [0.2, 0.25) is 0 Å². The Morgan fingerprint density at radius 3 is 0.641 bits per heavy atom. The van der Waals surface area contributed by atoms with Crippen LogP contribution in [0.1, 0.15) is 232 Å². The molecule has 1 N–H and O–H groups in total. The number of hydrogen-bond donors (Lipinski definition) is 1. The second-order valence-corrected chi connectivity index (χ2v) is 13.2. The van der Waals surface area contributed by atoms with Crippen LogP contribution in [0.25, 0.3) is 0 Å². The van der Waals surface area contributed by atoms with Crippen molar-refractivity contribution >= 4 is 0 Å². The van der Waals surface area contributed by atoms with Crippen LogP contribution in [0.3, 0.4) is 0 Å². The summed E-state index contributed by atoms with van der Waals surface area (Å²) in [6.45, 7) is 5.02. The van der Waals surface area contributed by atoms with Crippen LogP contribution in [-0.4, -0.2) is 11.7 Å². The Labute approximate surface area is 249 Å². The SMILES string of the molecule is CCCCCCCCCCCCCCCCCCCC(CO)CCCCCCCCCCCCCCCCC. The highest BCUT2D eigenvalue weighted by Crippen LogP contribution is 2.20. The molecule has 0 rings (SSSR count). The topological polar surface area (TPSA) is 20.2 Å². The van der Waals surface area contributed by atoms with Gasteiger partial charge in [-0.3, -0.25) is 0 Å². The summed E-state index contributed by atoms with van der Waals surface area (Å²) >= 11 is 0. The van der Waals surface area contributed by atoms with Gasteiger partial charge in [0.05, 0.1) is 0 Å². The van der Waals surface area contributed by atoms with Gasteiger partial charge >= 0.3 is 0 Å². The quantitative estimate of drug-likeness (QED) is 0.0778. The van der Waals surface area contributed by atoms with Gasteiger partial charge in [0.1, 0.15) is 0 Å². The van der Waals surface area contributed by atoms with Crippen LogP contribution < -0.4 is 0 Å². The molecule has 1 unspecified atom stereocenters. The second-order valence-electron chi connectivity index (χ2n) is 13.2. The van der Waals surface area contributed by atoms with E-state index in [1.54, 1.807) is 0 Å². The number of aliphatic hydroxyl groups is 1. The smallest absolute Gasteiger partial charge is 0.0459 e. The number of rotatable bonds is 35. The molecule has 0 saturated heterocycles. The summed E-state index contributed by atoms with van der Waals surface area (Å²) < 4.78 is 0. The molecule has 0 heterocycles. The van der Waals surface area contributed by atoms with E-state index in [0.717, 1.165) is 0 Å². The predicted octanol–water partition coefficient (Wildman–Crippen LogP) is 13.9. The van der Waals surface area contributed by atoms with Crippen molar-refractivity contribution in [1.29, 1.82) is 0 Å². The van der Waals surface area contributed by atoms with E-state index in [0.29, 0.717) is 12.5 Å². The van der Waals surface area contributed by atoms with Gasteiger partial charge in [-0.2, -0.15) is 0 Å². The van der Waals surface area contributed by atoms with E-state index in [-0.39, 0.29) is 0 Å². The monoisotopic (exact) mass is 551 g/mol. The molecule has 39 heavy (non-hydrogen) atoms. The van der Waals surface area contributed by atoms with E-state index in [1.807, 2.05) is 0 Å². The highest BCUT2D eigenvalue weighted by Gasteiger charge is 2.07. The molecule has 0 radical (unpaired) electrons. The van der Waals surface area contributed by atoms with E-state index >= 15 is 0 Å². The third kappa shape index (κ3) is 34.1. The zero-order valence-electron chi connectivity index (χ0n) is 27.8. The molecule has 0 spiro atoms. The maximum Gasteiger partial charge on any atom is 0.0459 e. The summed E-state index contributed by atoms with van der Waals surface area (Å²) in [6.07, 6.45) is 48.5. The molecule has 0 aromatic rings. The van der Waals surface area contributed by atoms with Crippen molar-refractivity contribution in [3.05, 3.63) is 0 Å². The Balaban J connectivity index is 3.25. The van der Waals surface area contributed by atoms with Gasteiger partial charge in [-0.05, 0) is 18.8 Å². The largest absolute Gasteiger partial charge is 0.396 e. The maximum absolute atomic E-state index is 9.78. The first kappa shape index (κ1) is 39.0. The Bertz CT molecular complexity index is 406. The molecule has 0 fully saturated rings. The minimum absolute atomic E-state index is 0.414. The zero-order valence-corrected chi connectivity index (χ0v) is 27.8. The van der Waals surface area contributed by atoms with E-state index in [1.165, 1.54) is 218 Å². The van der Waals surface area contributed by atoms with Gasteiger partial charge < -0.3 is 5.11 Å². The van der Waals surface area contributed by atoms with Gasteiger partial charge in [0, 0.05) is 6.61 Å². The summed E-state index contributed by atoms with van der Waals surface area (Å²) in [5, 5.41) is 9.78. The van der Waals surface area contributed by atoms with E-state index in [9.17, 15) is 5.11 Å². The average molecular weight is 551 g/mol. The molecule has 0 aromatic carbocycles. The van der Waals surface area contributed by atoms with Crippen molar-refractivity contribution in [1.82, 2.24) is 0 Å². The first-order valence-electron chi connectivity index (χ1n) is 19.0. The van der Waals surface area contributed by atoms with Gasteiger partial charge in [-0.1, -0.05) is 219 Å². The number of unbranched alkanes of at least 4 members (excludes halogenated alkanes) is 30. The Hall–Kier alpha value is -0.0400. The minimum Gasteiger partial charge on any atom is -0.396 e. The van der Waals surface area contributed by atoms with Crippen LogP contribution in [0.5, 0.6) is 0 Å². The molecule has 0 amide bonds. The summed E-state index contributed by atoms with van der Waals surface area (Å²) in [7, 11) is 0. The number of aliphatic hydroxyl groups excluding tert-OH is 1. The highest BCUT2D eigenvalue weighted by molar-refractivity contribution is 4.60. The van der Waals surface area contributed by atoms with Crippen molar-refractivity contribution in [2.75, 3.05) is 6.61 Å². The average Bonchev–Trinajstić information content (AvgIpc) is 2.95. The highest BCUT2D eigenvalue weighted by atomic mass is 16.3. The zero-order chi connectivity index (χ0) is 28.3. The lowest BCUT2D eigenvalue weighted by Crippen LogP contribution is -2.06. The fourth-order valence-corrected chi connectivity index (χ4v) is 6.29. The summed E-state index contributed by atoms with van der Waals surface area (Å²) in [5.41, 5.74) is 0. The lowest BCUT2D eigenvalue weighted by molar-refractivity contribution is 0.204. The first-order valence-corrected chi connectivity index (χ1v) is 19.0. The lowest BCUT2D eigenvalue weighted by Gasteiger charge is -2.13. The van der Waals surface area contributed by atoms with Gasteiger partial charge in [0.15, 0.2) is 0 Å². The van der Waals surface area contributed by atoms with Gasteiger partial charge in [-0.15, -0.1) is 0 Å². The van der Waals surface area contributed by atoms with Crippen molar-refractivity contribution in [2.24, 2.45) is 5.92 Å². The van der Waals surface area contributed by atoms with E-state index in [4.69, 9.17) is 0 Å². The Morgan fingerprint density at radius 2 is 0.462 bits per heavy atom. The molecule has 236 valence electrons. The molecule has 0 aliphatic rings. The molecule has 0 bridgehead atoms. The fourth-order valence-electron chi connectivity index (χ4n) is 6.29. The molecule has 1 nitrogen and oxygen atoms in total. The van der Waals surface area contributed by atoms with Crippen LogP contribution >= 0.6 is 0 Å². The molecule has 0 aromatic heterocycles. The van der Waals surface area contributed by atoms with Gasteiger partial charge in [-0.25, -0.2) is 0 Å². The van der Waals surface area contributed by atoms with Crippen LogP contribution in [-0.2, 0) is 0 Å². The van der Waals surface area contributed by atoms with Crippen molar-refractivity contribution in [3.63, 3.8) is 0 Å². The molecule has 1 heteroatoms. The molecule has 0 saturated carbocycles. The molecule has 0 aliphatic carbocycles. The van der Waals surface area contributed by atoms with Gasteiger partial charge in [0.25, 0.3) is 0 Å². The summed E-state index contributed by atoms with van der Waals surface area (Å²) in [5.74, 6) is 0.573. The third-order valence-corrected chi connectivity index (χ3v) is 9.19. The molecule has 0 aliphatic heterocycles. The van der Waals surface area contributed by atoms with Crippen LogP contribution in [0, 0.1) is 5.92 Å². The van der Waals surface area contributed by atoms with Crippen molar-refractivity contribution in [3.8, 4) is 0 Å². The first-order chi connectivity index (χ1) is 19.3. The maximum atomic E-state index is 9.78. The normalized spacial score (nSPS) is 12.4. The van der Waals surface area contributed by atoms with Crippen LogP contribution in [0.4, 0.5) is 0 Å². The molecular formula is C38H78O. The second kappa shape index (κ2) is 36.0. The van der Waals surface area contributed by atoms with E-state index < -0.39 is 0 Å². The lowest BCUT2D eigenvalue weighted by atomic mass is 9.94. The Kier molecular flexibility index (Phi) is 35.9. The fraction of sp³-hybridized carbons (Fsp3) is 1.00. The number of hydrogen-bond acceptors (Lipinski definition) is 1. The van der Waals surface area contributed by atoms with E-state index in [2.05, 4.69) is 13.8 Å². The minimum atomic E-state index is 0.414. The third-order valence-electron chi connectivity index (χ3n) is 9.19. The molecular weight excluding hydrogens is 472 g/mol. The van der Waals surface area contributed by atoms with Crippen molar-refractivity contribution in [2.45, 2.75) is 232 Å². The summed E-state index contributed by atoms with van der Waals surface area (Å²) in [6, 6.07) is 0. The van der Waals surface area contributed by atoms with Crippen molar-refractivity contribution < 1.29 is 5.11 Å². The molecule has 1 atom stereocenters. The Morgan fingerprint density at radius 1 is 0.282 bits per heavy atom. The van der Waals surface area contributed by atoms with Crippen LogP contribution in [0.15, 0.2) is 0 Å². The standard InChI is InChI=1S/C38H78O/c1-3-5-7-9-11-13-15-17-19-20-22-24-26-28-30-32-34-36-38(37-39)35-33-31-29-27-25-23-21-18-16-14-12-10-8-6-4-2/h38-39H,3-37H2,1-2H3. The summed E-state index contributed by atoms with van der Waals surface area (Å²) in [4.78, 5) is 0.